The molecule has 2 atom stereocenters. The molecule has 2 aromatic carbocycles. The topological polar surface area (TPSA) is 55.8 Å². The van der Waals surface area contributed by atoms with Gasteiger partial charge in [-0.1, -0.05) is 26.0 Å². The van der Waals surface area contributed by atoms with Gasteiger partial charge in [0.2, 0.25) is 0 Å². The number of ether oxygens (including phenoxy) is 1. The van der Waals surface area contributed by atoms with Gasteiger partial charge in [-0.2, -0.15) is 0 Å². The summed E-state index contributed by atoms with van der Waals surface area (Å²) >= 11 is 0. The number of carboxylic acid groups (broad SMARTS) is 1. The van der Waals surface area contributed by atoms with E-state index in [1.54, 1.807) is 11.0 Å². The van der Waals surface area contributed by atoms with Gasteiger partial charge in [-0.15, -0.1) is 0 Å². The molecule has 3 saturated heterocycles. The van der Waals surface area contributed by atoms with Gasteiger partial charge in [-0.25, -0.2) is 4.39 Å². The van der Waals surface area contributed by atoms with Gasteiger partial charge in [0.25, 0.3) is 0 Å². The van der Waals surface area contributed by atoms with E-state index in [4.69, 9.17) is 4.74 Å². The minimum atomic E-state index is -1.14. The van der Waals surface area contributed by atoms with Crippen LogP contribution in [0.2, 0.25) is 0 Å². The Morgan fingerprint density at radius 2 is 1.85 bits per heavy atom. The predicted molar refractivity (Wildman–Crippen MR) is 128 cm³/mol. The van der Waals surface area contributed by atoms with Gasteiger partial charge in [-0.3, -0.25) is 0 Å². The molecule has 34 heavy (non-hydrogen) atoms. The van der Waals surface area contributed by atoms with Crippen molar-refractivity contribution in [3.63, 3.8) is 0 Å². The Morgan fingerprint density at radius 3 is 2.41 bits per heavy atom. The lowest BCUT2D eigenvalue weighted by atomic mass is 9.79. The van der Waals surface area contributed by atoms with Crippen molar-refractivity contribution in [2.75, 3.05) is 19.6 Å². The first-order valence-electron chi connectivity index (χ1n) is 12.4. The average molecular weight is 466 g/mol. The summed E-state index contributed by atoms with van der Waals surface area (Å²) in [7, 11) is 0. The summed E-state index contributed by atoms with van der Waals surface area (Å²) in [6.45, 7) is 10.9. The van der Waals surface area contributed by atoms with Crippen LogP contribution < -0.4 is 9.84 Å². The zero-order valence-corrected chi connectivity index (χ0v) is 20.5. The normalized spacial score (nSPS) is 27.0. The van der Waals surface area contributed by atoms with Gasteiger partial charge in [0, 0.05) is 18.2 Å². The molecule has 2 aromatic rings. The lowest BCUT2D eigenvalue weighted by molar-refractivity contribution is -0.276. The number of carbonyl (C=O) groups excluding carboxylic acids is 1. The molecule has 1 aliphatic carbocycles. The third-order valence-electron chi connectivity index (χ3n) is 7.91. The molecule has 6 heteroatoms. The lowest BCUT2D eigenvalue weighted by Crippen LogP contribution is -2.62. The highest BCUT2D eigenvalue weighted by Crippen LogP contribution is 2.52. The molecule has 6 rings (SSSR count). The van der Waals surface area contributed by atoms with E-state index in [0.717, 1.165) is 54.9 Å². The van der Waals surface area contributed by atoms with Gasteiger partial charge in [0.05, 0.1) is 12.1 Å². The molecule has 2 bridgehead atoms. The van der Waals surface area contributed by atoms with E-state index in [0.29, 0.717) is 17.9 Å². The number of piperidine rings is 3. The highest BCUT2D eigenvalue weighted by molar-refractivity contribution is 5.69. The molecule has 5 nitrogen and oxygen atoms in total. The molecule has 0 N–H and O–H groups in total. The Bertz CT molecular complexity index is 1070. The Balaban J connectivity index is 1.50. The van der Waals surface area contributed by atoms with Crippen molar-refractivity contribution in [2.45, 2.75) is 65.1 Å². The molecular formula is C28H34FN2O3-. The summed E-state index contributed by atoms with van der Waals surface area (Å²) < 4.78 is 21.2. The van der Waals surface area contributed by atoms with E-state index < -0.39 is 12.1 Å². The van der Waals surface area contributed by atoms with Crippen LogP contribution in [0.4, 0.5) is 9.18 Å². The van der Waals surface area contributed by atoms with Gasteiger partial charge in [-0.05, 0) is 98.5 Å². The first kappa shape index (κ1) is 23.2. The van der Waals surface area contributed by atoms with Gasteiger partial charge in [0.1, 0.15) is 17.7 Å². The van der Waals surface area contributed by atoms with Crippen LogP contribution in [-0.2, 0) is 6.42 Å². The zero-order chi connectivity index (χ0) is 24.2. The van der Waals surface area contributed by atoms with E-state index in [1.807, 2.05) is 44.2 Å². The molecule has 0 radical (unpaired) electrons. The highest BCUT2D eigenvalue weighted by atomic mass is 19.1. The first-order valence-corrected chi connectivity index (χ1v) is 12.4. The van der Waals surface area contributed by atoms with E-state index in [9.17, 15) is 9.90 Å². The number of nitrogens with zero attached hydrogens (tertiary/aromatic N) is 2. The summed E-state index contributed by atoms with van der Waals surface area (Å²) in [5.74, 6) is 0.772. The van der Waals surface area contributed by atoms with Crippen LogP contribution in [0, 0.1) is 17.2 Å². The number of hydrogen-bond acceptors (Lipinski definition) is 4. The molecular weight excluding hydrogens is 431 g/mol. The second kappa shape index (κ2) is 8.56. The van der Waals surface area contributed by atoms with E-state index >= 15 is 4.39 Å². The fourth-order valence-electron chi connectivity index (χ4n) is 6.46. The van der Waals surface area contributed by atoms with Gasteiger partial charge < -0.3 is 24.4 Å². The highest BCUT2D eigenvalue weighted by Gasteiger charge is 2.48. The largest absolute Gasteiger partial charge is 0.530 e. The van der Waals surface area contributed by atoms with Crippen LogP contribution in [-0.4, -0.2) is 47.7 Å². The van der Waals surface area contributed by atoms with Crippen LogP contribution in [0.25, 0.3) is 11.1 Å². The maximum atomic E-state index is 15.5. The number of halogens is 1. The lowest BCUT2D eigenvalue weighted by Gasteiger charge is -2.53. The van der Waals surface area contributed by atoms with Crippen LogP contribution in [0.15, 0.2) is 36.4 Å². The Morgan fingerprint density at radius 1 is 1.18 bits per heavy atom. The Hall–Kier alpha value is -2.60. The van der Waals surface area contributed by atoms with Crippen molar-refractivity contribution < 1.29 is 19.0 Å². The SMILES string of the molecule is CC(C)Oc1ccc(-c2cc3c(cc2F)[C@H](N(C(=O)[O-])[C@@H]2CN4CCC2CC4)C(C)(C)C3)cc1. The molecule has 0 spiro atoms. The van der Waals surface area contributed by atoms with Crippen molar-refractivity contribution in [3.05, 3.63) is 53.3 Å². The van der Waals surface area contributed by atoms with E-state index in [1.165, 1.54) is 0 Å². The monoisotopic (exact) mass is 465 g/mol. The number of hydrogen-bond donors (Lipinski definition) is 0. The number of amides is 1. The average Bonchev–Trinajstić information content (AvgIpc) is 3.03. The van der Waals surface area contributed by atoms with E-state index in [2.05, 4.69) is 18.7 Å². The van der Waals surface area contributed by atoms with Crippen molar-refractivity contribution in [1.29, 1.82) is 0 Å². The van der Waals surface area contributed by atoms with Gasteiger partial charge in [0.15, 0.2) is 0 Å². The first-order chi connectivity index (χ1) is 16.1. The number of fused-ring (bicyclic) bond motifs is 4. The standard InChI is InChI=1S/C28H35FN2O3/c1-17(2)34-21-7-5-18(6-8-21)22-13-20-15-28(3,4)26(23(20)14-24(22)29)31(27(32)33)25-16-30-11-9-19(25)10-12-30/h5-8,13-14,17,19,25-26H,9-12,15-16H2,1-4H3,(H,32,33)/p-1/t25-,26+/m1/s1. The van der Waals surface area contributed by atoms with Crippen molar-refractivity contribution >= 4 is 6.09 Å². The molecule has 3 heterocycles. The number of rotatable bonds is 5. The second-order valence-electron chi connectivity index (χ2n) is 11.2. The van der Waals surface area contributed by atoms with Gasteiger partial charge >= 0.3 is 0 Å². The maximum Gasteiger partial charge on any atom is 0.137 e. The third kappa shape index (κ3) is 4.06. The summed E-state index contributed by atoms with van der Waals surface area (Å²) in [5.41, 5.74) is 2.77. The minimum Gasteiger partial charge on any atom is -0.530 e. The summed E-state index contributed by atoms with van der Waals surface area (Å²) in [6, 6.07) is 10.4. The van der Waals surface area contributed by atoms with Crippen molar-refractivity contribution in [1.82, 2.24) is 9.80 Å². The molecule has 0 saturated carbocycles. The van der Waals surface area contributed by atoms with Crippen LogP contribution >= 0.6 is 0 Å². The smallest absolute Gasteiger partial charge is 0.137 e. The Kier molecular flexibility index (Phi) is 5.83. The zero-order valence-electron chi connectivity index (χ0n) is 20.5. The molecule has 0 unspecified atom stereocenters. The van der Waals surface area contributed by atoms with Crippen molar-refractivity contribution in [2.24, 2.45) is 11.3 Å². The fraction of sp³-hybridized carbons (Fsp3) is 0.536. The molecule has 182 valence electrons. The maximum absolute atomic E-state index is 15.5. The molecule has 0 aromatic heterocycles. The molecule has 1 amide bonds. The molecule has 3 fully saturated rings. The third-order valence-corrected chi connectivity index (χ3v) is 7.91. The van der Waals surface area contributed by atoms with E-state index in [-0.39, 0.29) is 23.4 Å². The second-order valence-corrected chi connectivity index (χ2v) is 11.2. The predicted octanol–water partition coefficient (Wildman–Crippen LogP) is 4.64. The summed E-state index contributed by atoms with van der Waals surface area (Å²) in [4.78, 5) is 16.4. The van der Waals surface area contributed by atoms with Crippen LogP contribution in [0.3, 0.4) is 0 Å². The number of benzene rings is 2. The van der Waals surface area contributed by atoms with Crippen molar-refractivity contribution in [3.8, 4) is 16.9 Å². The van der Waals surface area contributed by atoms with Crippen LogP contribution in [0.1, 0.15) is 57.7 Å². The van der Waals surface area contributed by atoms with Crippen LogP contribution in [0.5, 0.6) is 5.75 Å². The molecule has 3 aliphatic heterocycles. The summed E-state index contributed by atoms with van der Waals surface area (Å²) in [5, 5.41) is 12.5. The quantitative estimate of drug-likeness (QED) is 0.645. The summed E-state index contributed by atoms with van der Waals surface area (Å²) in [6.07, 6.45) is 1.65. The minimum absolute atomic E-state index is 0.0737. The fourth-order valence-corrected chi connectivity index (χ4v) is 6.46. The number of carbonyl (C=O) groups is 1. The Labute approximate surface area is 201 Å². The molecule has 4 aliphatic rings.